The van der Waals surface area contributed by atoms with Gasteiger partial charge in [-0.25, -0.2) is 13.4 Å². The standard InChI is InChI=1S/C21H19N3O5S2/c1-14(25)15-3-2-4-17(13-15)29-19-9-11-24(20(19)26)16-5-7-18(8-6-16)31(27,28)23-21-22-10-12-30-21/h2-8,10,12-13,19H,9,11H2,1H3,(H,22,23). The van der Waals surface area contributed by atoms with Crippen LogP contribution in [0.1, 0.15) is 23.7 Å². The van der Waals surface area contributed by atoms with Crippen LogP contribution in [-0.2, 0) is 14.8 Å². The maximum absolute atomic E-state index is 12.8. The summed E-state index contributed by atoms with van der Waals surface area (Å²) in [5.74, 6) is 0.163. The number of sulfonamides is 1. The molecule has 1 amide bonds. The number of Topliss-reactive ketones (excluding diaryl/α,β-unsaturated/α-hetero) is 1. The van der Waals surface area contributed by atoms with E-state index in [1.54, 1.807) is 46.7 Å². The van der Waals surface area contributed by atoms with Crippen molar-refractivity contribution < 1.29 is 22.7 Å². The highest BCUT2D eigenvalue weighted by Crippen LogP contribution is 2.27. The van der Waals surface area contributed by atoms with Crippen molar-refractivity contribution in [1.29, 1.82) is 0 Å². The number of hydrogen-bond donors (Lipinski definition) is 1. The minimum absolute atomic E-state index is 0.0759. The molecule has 0 radical (unpaired) electrons. The first kappa shape index (κ1) is 21.0. The number of rotatable bonds is 7. The van der Waals surface area contributed by atoms with Crippen molar-refractivity contribution in [2.45, 2.75) is 24.3 Å². The zero-order valence-corrected chi connectivity index (χ0v) is 18.2. The number of carbonyl (C=O) groups excluding carboxylic acids is 2. The Kier molecular flexibility index (Phi) is 5.75. The van der Waals surface area contributed by atoms with Crippen molar-refractivity contribution in [3.63, 3.8) is 0 Å². The van der Waals surface area contributed by atoms with E-state index in [0.29, 0.717) is 30.0 Å². The molecule has 0 saturated carbocycles. The van der Waals surface area contributed by atoms with E-state index in [4.69, 9.17) is 4.74 Å². The third-order valence-corrected chi connectivity index (χ3v) is 6.96. The number of aromatic nitrogens is 1. The van der Waals surface area contributed by atoms with Crippen molar-refractivity contribution in [3.05, 3.63) is 65.7 Å². The number of carbonyl (C=O) groups is 2. The first-order valence-corrected chi connectivity index (χ1v) is 11.8. The summed E-state index contributed by atoms with van der Waals surface area (Å²) in [5.41, 5.74) is 1.10. The van der Waals surface area contributed by atoms with Crippen LogP contribution in [0.15, 0.2) is 65.0 Å². The number of amides is 1. The fourth-order valence-corrected chi connectivity index (χ4v) is 5.01. The molecule has 10 heteroatoms. The average molecular weight is 458 g/mol. The molecule has 0 aliphatic carbocycles. The second-order valence-electron chi connectivity index (χ2n) is 6.91. The number of ketones is 1. The summed E-state index contributed by atoms with van der Waals surface area (Å²) in [7, 11) is -3.76. The Labute approximate surface area is 183 Å². The van der Waals surface area contributed by atoms with E-state index in [9.17, 15) is 18.0 Å². The van der Waals surface area contributed by atoms with Crippen LogP contribution in [0.25, 0.3) is 0 Å². The summed E-state index contributed by atoms with van der Waals surface area (Å²) in [4.78, 5) is 29.9. The van der Waals surface area contributed by atoms with E-state index < -0.39 is 16.1 Å². The summed E-state index contributed by atoms with van der Waals surface area (Å²) in [6.07, 6.45) is 1.33. The van der Waals surface area contributed by atoms with Crippen LogP contribution in [0.2, 0.25) is 0 Å². The number of nitrogens with one attached hydrogen (secondary N) is 1. The highest BCUT2D eigenvalue weighted by molar-refractivity contribution is 7.93. The zero-order valence-electron chi connectivity index (χ0n) is 16.5. The molecule has 0 bridgehead atoms. The van der Waals surface area contributed by atoms with Gasteiger partial charge >= 0.3 is 0 Å². The minimum Gasteiger partial charge on any atom is -0.480 e. The molecule has 1 aliphatic rings. The zero-order chi connectivity index (χ0) is 22.0. The smallest absolute Gasteiger partial charge is 0.268 e. The fraction of sp³-hybridized carbons (Fsp3) is 0.190. The Morgan fingerprint density at radius 1 is 1.23 bits per heavy atom. The van der Waals surface area contributed by atoms with Crippen LogP contribution in [-0.4, -0.2) is 37.7 Å². The van der Waals surface area contributed by atoms with E-state index >= 15 is 0 Å². The third kappa shape index (κ3) is 4.59. The second kappa shape index (κ2) is 8.48. The van der Waals surface area contributed by atoms with Crippen LogP contribution < -0.4 is 14.4 Å². The molecule has 2 heterocycles. The molecular weight excluding hydrogens is 438 g/mol. The molecule has 1 saturated heterocycles. The van der Waals surface area contributed by atoms with Gasteiger partial charge in [0.05, 0.1) is 4.90 Å². The van der Waals surface area contributed by atoms with E-state index in [2.05, 4.69) is 9.71 Å². The molecule has 8 nitrogen and oxygen atoms in total. The molecular formula is C21H19N3O5S2. The Hall–Kier alpha value is -3.24. The highest BCUT2D eigenvalue weighted by atomic mass is 32.2. The first-order valence-electron chi connectivity index (χ1n) is 9.45. The van der Waals surface area contributed by atoms with E-state index in [1.165, 1.54) is 36.6 Å². The number of thiazole rings is 1. The van der Waals surface area contributed by atoms with Gasteiger partial charge in [0.25, 0.3) is 15.9 Å². The summed E-state index contributed by atoms with van der Waals surface area (Å²) in [6.45, 7) is 1.91. The Morgan fingerprint density at radius 2 is 2.00 bits per heavy atom. The molecule has 160 valence electrons. The van der Waals surface area contributed by atoms with Gasteiger partial charge in [0, 0.05) is 35.8 Å². The summed E-state index contributed by atoms with van der Waals surface area (Å²) in [6, 6.07) is 12.8. The number of nitrogens with zero attached hydrogens (tertiary/aromatic N) is 2. The second-order valence-corrected chi connectivity index (χ2v) is 9.48. The van der Waals surface area contributed by atoms with Gasteiger partial charge in [0.15, 0.2) is 17.0 Å². The molecule has 4 rings (SSSR count). The number of benzene rings is 2. The van der Waals surface area contributed by atoms with Gasteiger partial charge in [-0.15, -0.1) is 11.3 Å². The average Bonchev–Trinajstić information content (AvgIpc) is 3.38. The predicted octanol–water partition coefficient (Wildman–Crippen LogP) is 3.33. The molecule has 1 unspecified atom stereocenters. The lowest BCUT2D eigenvalue weighted by Gasteiger charge is -2.18. The van der Waals surface area contributed by atoms with Crippen molar-refractivity contribution >= 4 is 43.9 Å². The quantitative estimate of drug-likeness (QED) is 0.546. The maximum Gasteiger partial charge on any atom is 0.268 e. The summed E-state index contributed by atoms with van der Waals surface area (Å²) < 4.78 is 33.1. The van der Waals surface area contributed by atoms with Gasteiger partial charge in [-0.3, -0.25) is 14.3 Å². The lowest BCUT2D eigenvalue weighted by molar-refractivity contribution is -0.122. The molecule has 1 atom stereocenters. The Morgan fingerprint density at radius 3 is 2.68 bits per heavy atom. The van der Waals surface area contributed by atoms with Gasteiger partial charge in [0.2, 0.25) is 0 Å². The minimum atomic E-state index is -3.76. The lowest BCUT2D eigenvalue weighted by Crippen LogP contribution is -2.32. The molecule has 31 heavy (non-hydrogen) atoms. The van der Waals surface area contributed by atoms with Crippen molar-refractivity contribution in [2.75, 3.05) is 16.2 Å². The SMILES string of the molecule is CC(=O)c1cccc(OC2CCN(c3ccc(S(=O)(=O)Nc4nccs4)cc3)C2=O)c1. The molecule has 0 spiro atoms. The van der Waals surface area contributed by atoms with Crippen LogP contribution in [0.4, 0.5) is 10.8 Å². The van der Waals surface area contributed by atoms with Crippen LogP contribution in [0, 0.1) is 0 Å². The highest BCUT2D eigenvalue weighted by Gasteiger charge is 2.34. The first-order chi connectivity index (χ1) is 14.8. The Balaban J connectivity index is 1.45. The van der Waals surface area contributed by atoms with Crippen LogP contribution in [0.3, 0.4) is 0 Å². The van der Waals surface area contributed by atoms with Gasteiger partial charge in [0.1, 0.15) is 5.75 Å². The van der Waals surface area contributed by atoms with Gasteiger partial charge in [-0.05, 0) is 43.3 Å². The molecule has 1 aliphatic heterocycles. The van der Waals surface area contributed by atoms with Gasteiger partial charge in [-0.1, -0.05) is 12.1 Å². The summed E-state index contributed by atoms with van der Waals surface area (Å²) >= 11 is 1.18. The lowest BCUT2D eigenvalue weighted by atomic mass is 10.1. The molecule has 1 N–H and O–H groups in total. The molecule has 1 fully saturated rings. The molecule has 3 aromatic rings. The van der Waals surface area contributed by atoms with Gasteiger partial charge < -0.3 is 9.64 Å². The van der Waals surface area contributed by atoms with E-state index in [-0.39, 0.29) is 21.7 Å². The monoisotopic (exact) mass is 457 g/mol. The van der Waals surface area contributed by atoms with Crippen LogP contribution in [0.5, 0.6) is 5.75 Å². The summed E-state index contributed by atoms with van der Waals surface area (Å²) in [5, 5.41) is 1.96. The Bertz CT molecular complexity index is 1210. The number of anilines is 2. The van der Waals surface area contributed by atoms with Crippen molar-refractivity contribution in [2.24, 2.45) is 0 Å². The molecule has 2 aromatic carbocycles. The largest absolute Gasteiger partial charge is 0.480 e. The topological polar surface area (TPSA) is 106 Å². The third-order valence-electron chi connectivity index (χ3n) is 4.79. The fourth-order valence-electron chi connectivity index (χ4n) is 3.23. The van der Waals surface area contributed by atoms with E-state index in [0.717, 1.165) is 0 Å². The van der Waals surface area contributed by atoms with Crippen LogP contribution >= 0.6 is 11.3 Å². The van der Waals surface area contributed by atoms with Gasteiger partial charge in [-0.2, -0.15) is 0 Å². The van der Waals surface area contributed by atoms with E-state index in [1.807, 2.05) is 0 Å². The van der Waals surface area contributed by atoms with Crippen molar-refractivity contribution in [1.82, 2.24) is 4.98 Å². The normalized spacial score (nSPS) is 16.4. The van der Waals surface area contributed by atoms with Crippen molar-refractivity contribution in [3.8, 4) is 5.75 Å². The predicted molar refractivity (Wildman–Crippen MR) is 117 cm³/mol. The maximum atomic E-state index is 12.8. The number of ether oxygens (including phenoxy) is 1. The molecule has 1 aromatic heterocycles. The number of hydrogen-bond acceptors (Lipinski definition) is 7.